The van der Waals surface area contributed by atoms with Crippen molar-refractivity contribution in [1.82, 2.24) is 0 Å². The number of fused-ring (bicyclic) bond motifs is 2. The van der Waals surface area contributed by atoms with Gasteiger partial charge >= 0.3 is 11.9 Å². The molecule has 1 atom stereocenters. The van der Waals surface area contributed by atoms with Crippen LogP contribution in [-0.4, -0.2) is 29.1 Å². The maximum absolute atomic E-state index is 13.8. The van der Waals surface area contributed by atoms with Crippen molar-refractivity contribution in [1.29, 1.82) is 0 Å². The quantitative estimate of drug-likeness (QED) is 0.168. The Hall–Kier alpha value is -4.13. The van der Waals surface area contributed by atoms with Gasteiger partial charge in [-0.3, -0.25) is 14.4 Å². The Morgan fingerprint density at radius 1 is 0.896 bits per heavy atom. The van der Waals surface area contributed by atoms with E-state index in [0.29, 0.717) is 12.8 Å². The molecule has 0 radical (unpaired) electrons. The van der Waals surface area contributed by atoms with Crippen LogP contribution in [0.25, 0.3) is 0 Å². The van der Waals surface area contributed by atoms with Gasteiger partial charge in [0.2, 0.25) is 5.91 Å². The van der Waals surface area contributed by atoms with Crippen LogP contribution in [0.5, 0.6) is 11.5 Å². The molecule has 48 heavy (non-hydrogen) atoms. The van der Waals surface area contributed by atoms with Crippen LogP contribution in [0.3, 0.4) is 0 Å². The third kappa shape index (κ3) is 9.71. The summed E-state index contributed by atoms with van der Waals surface area (Å²) < 4.78 is 12.0. The molecule has 256 valence electrons. The van der Waals surface area contributed by atoms with E-state index >= 15 is 0 Å². The van der Waals surface area contributed by atoms with E-state index in [4.69, 9.17) is 14.6 Å². The topological polar surface area (TPSA) is 102 Å². The van der Waals surface area contributed by atoms with Crippen molar-refractivity contribution in [2.45, 2.75) is 122 Å². The highest BCUT2D eigenvalue weighted by Crippen LogP contribution is 2.45. The molecule has 0 aromatic heterocycles. The summed E-state index contributed by atoms with van der Waals surface area (Å²) in [5.74, 6) is 0.666. The number of hydrogen-bond donors (Lipinski definition) is 2. The monoisotopic (exact) mass is 653 g/mol. The molecule has 1 aliphatic carbocycles. The number of hydrogen-bond acceptors (Lipinski definition) is 5. The minimum atomic E-state index is -1.00. The number of carbonyl (C=O) groups excluding carboxylic acids is 2. The molecule has 1 saturated carbocycles. The second kappa shape index (κ2) is 16.3. The zero-order chi connectivity index (χ0) is 34.1. The lowest BCUT2D eigenvalue weighted by molar-refractivity contribution is -0.152. The molecular formula is C41H51NO6. The summed E-state index contributed by atoms with van der Waals surface area (Å²) in [6.45, 7) is 6.42. The van der Waals surface area contributed by atoms with Crippen molar-refractivity contribution in [2.24, 2.45) is 5.92 Å². The maximum atomic E-state index is 13.8. The second-order valence-corrected chi connectivity index (χ2v) is 14.6. The summed E-state index contributed by atoms with van der Waals surface area (Å²) in [5, 5.41) is 12.3. The number of aryl methyl sites for hydroxylation is 1. The molecule has 0 spiro atoms. The number of carbonyl (C=O) groups is 3. The first-order valence-corrected chi connectivity index (χ1v) is 17.8. The van der Waals surface area contributed by atoms with Gasteiger partial charge in [-0.2, -0.15) is 0 Å². The van der Waals surface area contributed by atoms with Crippen molar-refractivity contribution < 1.29 is 29.0 Å². The lowest BCUT2D eigenvalue weighted by Crippen LogP contribution is -2.22. The Morgan fingerprint density at radius 3 is 2.21 bits per heavy atom. The first kappa shape index (κ1) is 35.2. The lowest BCUT2D eigenvalue weighted by atomic mass is 9.84. The van der Waals surface area contributed by atoms with E-state index in [-0.39, 0.29) is 42.6 Å². The van der Waals surface area contributed by atoms with Gasteiger partial charge in [0.25, 0.3) is 0 Å². The zero-order valence-electron chi connectivity index (χ0n) is 28.8. The summed E-state index contributed by atoms with van der Waals surface area (Å²) in [6, 6.07) is 22.1. The smallest absolute Gasteiger partial charge is 0.306 e. The number of benzene rings is 3. The molecule has 0 unspecified atom stereocenters. The SMILES string of the molecule is CC(C)(C)c1ccc(CC[C@H](CCCC2CCCCC2)OC(=O)CCC(=O)O)cc1NC(=O)CC1c2ccccc2Oc2ccccc21. The van der Waals surface area contributed by atoms with Crippen LogP contribution in [0.4, 0.5) is 5.69 Å². The van der Waals surface area contributed by atoms with E-state index in [1.807, 2.05) is 48.5 Å². The van der Waals surface area contributed by atoms with Crippen LogP contribution >= 0.6 is 0 Å². The van der Waals surface area contributed by atoms with Crippen molar-refractivity contribution in [3.8, 4) is 11.5 Å². The third-order valence-electron chi connectivity index (χ3n) is 9.82. The van der Waals surface area contributed by atoms with Crippen LogP contribution in [0.15, 0.2) is 66.7 Å². The fraction of sp³-hybridized carbons (Fsp3) is 0.488. The van der Waals surface area contributed by atoms with Gasteiger partial charge < -0.3 is 19.9 Å². The van der Waals surface area contributed by atoms with Gasteiger partial charge in [0.05, 0.1) is 12.8 Å². The first-order chi connectivity index (χ1) is 23.1. The molecule has 7 nitrogen and oxygen atoms in total. The zero-order valence-corrected chi connectivity index (χ0v) is 28.8. The number of esters is 1. The molecule has 5 rings (SSSR count). The van der Waals surface area contributed by atoms with Crippen molar-refractivity contribution in [2.75, 3.05) is 5.32 Å². The number of anilines is 1. The molecule has 0 bridgehead atoms. The number of rotatable bonds is 14. The van der Waals surface area contributed by atoms with Crippen LogP contribution in [-0.2, 0) is 31.0 Å². The van der Waals surface area contributed by atoms with E-state index in [9.17, 15) is 14.4 Å². The first-order valence-electron chi connectivity index (χ1n) is 17.8. The van der Waals surface area contributed by atoms with Crippen LogP contribution in [0, 0.1) is 5.92 Å². The van der Waals surface area contributed by atoms with Gasteiger partial charge in [-0.25, -0.2) is 0 Å². The Kier molecular flexibility index (Phi) is 12.0. The highest BCUT2D eigenvalue weighted by molar-refractivity contribution is 5.93. The van der Waals surface area contributed by atoms with Gasteiger partial charge in [-0.1, -0.05) is 108 Å². The van der Waals surface area contributed by atoms with Gasteiger partial charge in [0.15, 0.2) is 0 Å². The minimum absolute atomic E-state index is 0.0675. The Morgan fingerprint density at radius 2 is 1.56 bits per heavy atom. The Labute approximate surface area is 285 Å². The molecule has 3 aromatic carbocycles. The molecule has 0 saturated heterocycles. The molecule has 1 fully saturated rings. The van der Waals surface area contributed by atoms with E-state index in [1.54, 1.807) is 0 Å². The Balaban J connectivity index is 1.28. The largest absolute Gasteiger partial charge is 0.481 e. The molecular weight excluding hydrogens is 602 g/mol. The average molecular weight is 654 g/mol. The van der Waals surface area contributed by atoms with Crippen molar-refractivity contribution >= 4 is 23.5 Å². The predicted molar refractivity (Wildman–Crippen MR) is 189 cm³/mol. The van der Waals surface area contributed by atoms with Crippen molar-refractivity contribution in [3.05, 3.63) is 89.0 Å². The number of amides is 1. The lowest BCUT2D eigenvalue weighted by Gasteiger charge is -2.28. The molecule has 2 N–H and O–H groups in total. The van der Waals surface area contributed by atoms with Gasteiger partial charge in [0.1, 0.15) is 17.6 Å². The number of aliphatic carboxylic acids is 1. The average Bonchev–Trinajstić information content (AvgIpc) is 3.06. The number of carboxylic acids is 1. The van der Waals surface area contributed by atoms with E-state index in [2.05, 4.69) is 44.3 Å². The molecule has 1 heterocycles. The summed E-state index contributed by atoms with van der Waals surface area (Å²) in [7, 11) is 0. The molecule has 1 aliphatic heterocycles. The number of ether oxygens (including phenoxy) is 2. The number of para-hydroxylation sites is 2. The van der Waals surface area contributed by atoms with E-state index in [1.165, 1.54) is 32.1 Å². The molecule has 3 aromatic rings. The maximum Gasteiger partial charge on any atom is 0.306 e. The van der Waals surface area contributed by atoms with E-state index in [0.717, 1.165) is 64.6 Å². The van der Waals surface area contributed by atoms with Crippen LogP contribution in [0.1, 0.15) is 126 Å². The summed E-state index contributed by atoms with van der Waals surface area (Å²) in [6.07, 6.45) is 10.4. The van der Waals surface area contributed by atoms with Crippen LogP contribution in [0.2, 0.25) is 0 Å². The highest BCUT2D eigenvalue weighted by Gasteiger charge is 2.29. The molecule has 7 heteroatoms. The van der Waals surface area contributed by atoms with Gasteiger partial charge in [0, 0.05) is 29.2 Å². The van der Waals surface area contributed by atoms with Crippen LogP contribution < -0.4 is 10.1 Å². The highest BCUT2D eigenvalue weighted by atomic mass is 16.5. The standard InChI is InChI=1S/C41H51NO6/c1-41(2,3)34-23-21-29(20-22-30(47-40(46)25-24-39(44)45)15-11-14-28-12-5-4-6-13-28)26-35(34)42-38(43)27-33-31-16-7-9-18-36(31)48-37-19-10-8-17-32(33)37/h7-10,16-19,21,23,26,28,30,33H,4-6,11-15,20,22,24-25,27H2,1-3H3,(H,42,43)(H,44,45)/t30-/m0/s1. The minimum Gasteiger partial charge on any atom is -0.481 e. The van der Waals surface area contributed by atoms with Gasteiger partial charge in [-0.05, 0) is 66.3 Å². The summed E-state index contributed by atoms with van der Waals surface area (Å²) in [5.41, 5.74) is 4.72. The predicted octanol–water partition coefficient (Wildman–Crippen LogP) is 9.71. The Bertz CT molecular complexity index is 1520. The number of carboxylic acid groups (broad SMARTS) is 1. The van der Waals surface area contributed by atoms with E-state index < -0.39 is 11.9 Å². The fourth-order valence-electron chi connectivity index (χ4n) is 7.27. The number of nitrogens with one attached hydrogen (secondary N) is 1. The molecule has 1 amide bonds. The normalized spacial score (nSPS) is 15.5. The van der Waals surface area contributed by atoms with Crippen molar-refractivity contribution in [3.63, 3.8) is 0 Å². The van der Waals surface area contributed by atoms with Gasteiger partial charge in [-0.15, -0.1) is 0 Å². The fourth-order valence-corrected chi connectivity index (χ4v) is 7.27. The summed E-state index contributed by atoms with van der Waals surface area (Å²) >= 11 is 0. The second-order valence-electron chi connectivity index (χ2n) is 14.6. The summed E-state index contributed by atoms with van der Waals surface area (Å²) in [4.78, 5) is 37.4. The molecule has 2 aliphatic rings. The third-order valence-corrected chi connectivity index (χ3v) is 9.82.